The number of rotatable bonds is 5. The van der Waals surface area contributed by atoms with E-state index in [1.807, 2.05) is 6.92 Å². The molecule has 0 aliphatic carbocycles. The fraction of sp³-hybridized carbons (Fsp3) is 0.619. The molecule has 0 saturated carbocycles. The number of amides is 1. The lowest BCUT2D eigenvalue weighted by Crippen LogP contribution is -2.44. The van der Waals surface area contributed by atoms with Gasteiger partial charge < -0.3 is 18.9 Å². The minimum Gasteiger partial charge on any atom is -0.350 e. The van der Waals surface area contributed by atoms with Crippen LogP contribution < -0.4 is 0 Å². The number of likely N-dealkylation sites (tertiary alicyclic amines) is 1. The highest BCUT2D eigenvalue weighted by atomic mass is 16.7. The summed E-state index contributed by atoms with van der Waals surface area (Å²) in [6.45, 7) is 9.68. The normalized spacial score (nSPS) is 21.5. The summed E-state index contributed by atoms with van der Waals surface area (Å²) in [6, 6.07) is 4.17. The van der Waals surface area contributed by atoms with Crippen LogP contribution in [-0.4, -0.2) is 48.0 Å². The first-order valence-electron chi connectivity index (χ1n) is 9.86. The van der Waals surface area contributed by atoms with Crippen LogP contribution in [0.25, 0.3) is 6.08 Å². The number of piperidine rings is 1. The molecule has 2 aliphatic rings. The van der Waals surface area contributed by atoms with Gasteiger partial charge >= 0.3 is 0 Å². The minimum atomic E-state index is -0.219. The summed E-state index contributed by atoms with van der Waals surface area (Å²) in [7, 11) is 0. The number of hydrogen-bond acceptors (Lipinski definition) is 4. The Morgan fingerprint density at radius 3 is 2.78 bits per heavy atom. The topological polar surface area (TPSA) is 67.5 Å². The number of aryl methyl sites for hydroxylation is 1. The molecule has 0 bridgehead atoms. The summed E-state index contributed by atoms with van der Waals surface area (Å²) >= 11 is 0. The molecule has 1 aromatic rings. The molecule has 27 heavy (non-hydrogen) atoms. The van der Waals surface area contributed by atoms with E-state index in [4.69, 9.17) is 9.47 Å². The number of aromatic nitrogens is 1. The monoisotopic (exact) mass is 371 g/mol. The largest absolute Gasteiger partial charge is 0.350 e. The summed E-state index contributed by atoms with van der Waals surface area (Å²) in [5, 5.41) is 9.61. The van der Waals surface area contributed by atoms with Gasteiger partial charge in [0.2, 0.25) is 0 Å². The quantitative estimate of drug-likeness (QED) is 0.589. The van der Waals surface area contributed by atoms with Crippen LogP contribution in [0.2, 0.25) is 0 Å². The Morgan fingerprint density at radius 2 is 2.11 bits per heavy atom. The second kappa shape index (κ2) is 8.73. The van der Waals surface area contributed by atoms with E-state index in [0.717, 1.165) is 42.8 Å². The molecule has 0 aromatic carbocycles. The lowest BCUT2D eigenvalue weighted by molar-refractivity contribution is -0.135. The van der Waals surface area contributed by atoms with Crippen molar-refractivity contribution in [3.05, 3.63) is 28.6 Å². The number of carbonyl (C=O) groups is 1. The molecule has 2 aliphatic heterocycles. The third-order valence-electron chi connectivity index (χ3n) is 5.49. The molecule has 1 atom stereocenters. The van der Waals surface area contributed by atoms with E-state index in [-0.39, 0.29) is 23.7 Å². The van der Waals surface area contributed by atoms with E-state index in [1.54, 1.807) is 11.0 Å². The molecule has 2 saturated heterocycles. The predicted octanol–water partition coefficient (Wildman–Crippen LogP) is 3.03. The predicted molar refractivity (Wildman–Crippen MR) is 103 cm³/mol. The molecule has 0 N–H and O–H groups in total. The van der Waals surface area contributed by atoms with Gasteiger partial charge in [0.15, 0.2) is 6.29 Å². The molecule has 1 amide bonds. The Balaban J connectivity index is 1.76. The van der Waals surface area contributed by atoms with Gasteiger partial charge in [-0.1, -0.05) is 6.92 Å². The Kier molecular flexibility index (Phi) is 6.35. The molecule has 1 unspecified atom stereocenters. The van der Waals surface area contributed by atoms with Gasteiger partial charge in [-0.25, -0.2) is 0 Å². The standard InChI is InChI=1S/C21H29N3O3/c1-4-7-24-15(2)11-18(16(24)3)12-19(13-22)20(25)23-8-5-6-17(14-23)21-26-9-10-27-21/h11-12,17,21H,4-10,14H2,1-3H3/b19-12-. The Bertz CT molecular complexity index is 753. The van der Waals surface area contributed by atoms with Gasteiger partial charge in [-0.2, -0.15) is 5.26 Å². The maximum atomic E-state index is 13.0. The van der Waals surface area contributed by atoms with Gasteiger partial charge in [0, 0.05) is 36.9 Å². The molecular formula is C21H29N3O3. The van der Waals surface area contributed by atoms with Crippen molar-refractivity contribution in [3.8, 4) is 6.07 Å². The first-order valence-corrected chi connectivity index (χ1v) is 9.86. The Morgan fingerprint density at radius 1 is 1.37 bits per heavy atom. The highest BCUT2D eigenvalue weighted by molar-refractivity contribution is 6.01. The molecule has 2 fully saturated rings. The summed E-state index contributed by atoms with van der Waals surface area (Å²) in [6.07, 6.45) is 4.46. The van der Waals surface area contributed by atoms with E-state index in [2.05, 4.69) is 30.6 Å². The van der Waals surface area contributed by atoms with Crippen molar-refractivity contribution in [3.63, 3.8) is 0 Å². The lowest BCUT2D eigenvalue weighted by atomic mass is 9.96. The smallest absolute Gasteiger partial charge is 0.264 e. The third-order valence-corrected chi connectivity index (χ3v) is 5.49. The second-order valence-electron chi connectivity index (χ2n) is 7.41. The van der Waals surface area contributed by atoms with Crippen LogP contribution in [0.5, 0.6) is 0 Å². The fourth-order valence-electron chi connectivity index (χ4n) is 4.07. The number of ether oxygens (including phenoxy) is 2. The fourth-order valence-corrected chi connectivity index (χ4v) is 4.07. The van der Waals surface area contributed by atoms with Crippen molar-refractivity contribution < 1.29 is 14.3 Å². The number of nitrogens with zero attached hydrogens (tertiary/aromatic N) is 3. The highest BCUT2D eigenvalue weighted by Crippen LogP contribution is 2.26. The Labute approximate surface area is 161 Å². The van der Waals surface area contributed by atoms with Crippen molar-refractivity contribution in [1.82, 2.24) is 9.47 Å². The summed E-state index contributed by atoms with van der Waals surface area (Å²) in [5.74, 6) is -0.0137. The molecule has 0 spiro atoms. The van der Waals surface area contributed by atoms with Gasteiger partial charge in [0.1, 0.15) is 11.6 Å². The first kappa shape index (κ1) is 19.7. The van der Waals surface area contributed by atoms with Crippen LogP contribution in [0.3, 0.4) is 0 Å². The van der Waals surface area contributed by atoms with Crippen molar-refractivity contribution in [2.75, 3.05) is 26.3 Å². The molecule has 146 valence electrons. The average Bonchev–Trinajstić information content (AvgIpc) is 3.30. The average molecular weight is 371 g/mol. The zero-order valence-electron chi connectivity index (χ0n) is 16.5. The number of carbonyl (C=O) groups excluding carboxylic acids is 1. The third kappa shape index (κ3) is 4.26. The van der Waals surface area contributed by atoms with Crippen molar-refractivity contribution in [2.24, 2.45) is 5.92 Å². The molecule has 1 aromatic heterocycles. The maximum absolute atomic E-state index is 13.0. The van der Waals surface area contributed by atoms with Gasteiger partial charge in [-0.3, -0.25) is 4.79 Å². The maximum Gasteiger partial charge on any atom is 0.264 e. The van der Waals surface area contributed by atoms with Gasteiger partial charge in [0.25, 0.3) is 5.91 Å². The van der Waals surface area contributed by atoms with E-state index in [1.165, 1.54) is 0 Å². The van der Waals surface area contributed by atoms with Crippen LogP contribution in [0.4, 0.5) is 0 Å². The van der Waals surface area contributed by atoms with E-state index in [9.17, 15) is 10.1 Å². The molecule has 0 radical (unpaired) electrons. The summed E-state index contributed by atoms with van der Waals surface area (Å²) < 4.78 is 13.5. The van der Waals surface area contributed by atoms with E-state index < -0.39 is 0 Å². The first-order chi connectivity index (χ1) is 13.0. The van der Waals surface area contributed by atoms with Gasteiger partial charge in [-0.05, 0) is 50.8 Å². The zero-order chi connectivity index (χ0) is 19.4. The highest BCUT2D eigenvalue weighted by Gasteiger charge is 2.33. The Hall–Kier alpha value is -2.10. The van der Waals surface area contributed by atoms with Gasteiger partial charge in [-0.15, -0.1) is 0 Å². The van der Waals surface area contributed by atoms with Crippen molar-refractivity contribution in [1.29, 1.82) is 5.26 Å². The molecule has 6 heteroatoms. The van der Waals surface area contributed by atoms with Crippen LogP contribution >= 0.6 is 0 Å². The van der Waals surface area contributed by atoms with E-state index in [0.29, 0.717) is 26.3 Å². The van der Waals surface area contributed by atoms with Crippen molar-refractivity contribution in [2.45, 2.75) is 52.9 Å². The van der Waals surface area contributed by atoms with Gasteiger partial charge in [0.05, 0.1) is 13.2 Å². The summed E-state index contributed by atoms with van der Waals surface area (Å²) in [4.78, 5) is 14.7. The minimum absolute atomic E-state index is 0.180. The van der Waals surface area contributed by atoms with E-state index >= 15 is 0 Å². The molecule has 3 heterocycles. The number of nitriles is 1. The molecule has 3 rings (SSSR count). The zero-order valence-corrected chi connectivity index (χ0v) is 16.5. The SMILES string of the molecule is CCCn1c(C)cc(/C=C(/C#N)C(=O)N2CCCC(C3OCCO3)C2)c1C. The lowest BCUT2D eigenvalue weighted by Gasteiger charge is -2.34. The number of hydrogen-bond donors (Lipinski definition) is 0. The molecular weight excluding hydrogens is 342 g/mol. The molecule has 6 nitrogen and oxygen atoms in total. The van der Waals surface area contributed by atoms with Crippen LogP contribution in [-0.2, 0) is 20.8 Å². The second-order valence-corrected chi connectivity index (χ2v) is 7.41. The summed E-state index contributed by atoms with van der Waals surface area (Å²) in [5.41, 5.74) is 3.39. The van der Waals surface area contributed by atoms with Crippen molar-refractivity contribution >= 4 is 12.0 Å². The van der Waals surface area contributed by atoms with Crippen LogP contribution in [0.1, 0.15) is 43.1 Å². The van der Waals surface area contributed by atoms with Crippen LogP contribution in [0.15, 0.2) is 11.6 Å². The van der Waals surface area contributed by atoms with Crippen LogP contribution in [0, 0.1) is 31.1 Å².